The average molecular weight is 414 g/mol. The number of fused-ring (bicyclic) bond motifs is 1. The Kier molecular flexibility index (Phi) is 5.59. The zero-order chi connectivity index (χ0) is 20.4. The SMILES string of the molecule is CC(=O)Nc1ccc(NC(=O)CN2CCc3nc(NC(=O)C4CC4)sc3C2)cc1. The van der Waals surface area contributed by atoms with E-state index in [2.05, 4.69) is 25.8 Å². The van der Waals surface area contributed by atoms with E-state index >= 15 is 0 Å². The molecule has 0 spiro atoms. The third-order valence-electron chi connectivity index (χ3n) is 4.84. The molecule has 1 aromatic carbocycles. The fraction of sp³-hybridized carbons (Fsp3) is 0.400. The van der Waals surface area contributed by atoms with Gasteiger partial charge < -0.3 is 16.0 Å². The van der Waals surface area contributed by atoms with Gasteiger partial charge in [0.1, 0.15) is 0 Å². The van der Waals surface area contributed by atoms with Crippen molar-refractivity contribution in [2.24, 2.45) is 5.92 Å². The van der Waals surface area contributed by atoms with E-state index in [4.69, 9.17) is 0 Å². The number of carbonyl (C=O) groups excluding carboxylic acids is 3. The van der Waals surface area contributed by atoms with Crippen molar-refractivity contribution in [2.45, 2.75) is 32.7 Å². The molecule has 2 aromatic rings. The molecule has 1 fully saturated rings. The first-order valence-electron chi connectivity index (χ1n) is 9.65. The molecule has 1 saturated carbocycles. The molecule has 152 valence electrons. The molecular weight excluding hydrogens is 390 g/mol. The largest absolute Gasteiger partial charge is 0.326 e. The van der Waals surface area contributed by atoms with Crippen LogP contribution in [0.5, 0.6) is 0 Å². The summed E-state index contributed by atoms with van der Waals surface area (Å²) in [5, 5.41) is 9.15. The second kappa shape index (κ2) is 8.30. The summed E-state index contributed by atoms with van der Waals surface area (Å²) in [5.74, 6) is -0.00244. The fourth-order valence-electron chi connectivity index (χ4n) is 3.23. The van der Waals surface area contributed by atoms with Gasteiger partial charge in [0.2, 0.25) is 17.7 Å². The van der Waals surface area contributed by atoms with Crippen molar-refractivity contribution in [1.82, 2.24) is 9.88 Å². The van der Waals surface area contributed by atoms with Gasteiger partial charge in [-0.2, -0.15) is 0 Å². The molecule has 3 amide bonds. The van der Waals surface area contributed by atoms with Crippen LogP contribution in [-0.4, -0.2) is 40.7 Å². The van der Waals surface area contributed by atoms with Crippen LogP contribution in [0.25, 0.3) is 0 Å². The summed E-state index contributed by atoms with van der Waals surface area (Å²) in [7, 11) is 0. The van der Waals surface area contributed by atoms with Gasteiger partial charge in [-0.25, -0.2) is 4.98 Å². The maximum Gasteiger partial charge on any atom is 0.238 e. The minimum absolute atomic E-state index is 0.0665. The normalized spacial score (nSPS) is 16.0. The summed E-state index contributed by atoms with van der Waals surface area (Å²) < 4.78 is 0. The minimum Gasteiger partial charge on any atom is -0.326 e. The number of carbonyl (C=O) groups is 3. The van der Waals surface area contributed by atoms with Gasteiger partial charge in [0.15, 0.2) is 5.13 Å². The number of hydrogen-bond acceptors (Lipinski definition) is 6. The number of aromatic nitrogens is 1. The Morgan fingerprint density at radius 3 is 2.45 bits per heavy atom. The lowest BCUT2D eigenvalue weighted by atomic mass is 10.2. The van der Waals surface area contributed by atoms with Crippen LogP contribution in [0.15, 0.2) is 24.3 Å². The Morgan fingerprint density at radius 2 is 1.79 bits per heavy atom. The number of nitrogens with zero attached hydrogens (tertiary/aromatic N) is 2. The van der Waals surface area contributed by atoms with E-state index in [0.29, 0.717) is 23.1 Å². The molecule has 0 unspecified atom stereocenters. The van der Waals surface area contributed by atoms with Crippen LogP contribution in [0.4, 0.5) is 16.5 Å². The highest BCUT2D eigenvalue weighted by atomic mass is 32.1. The van der Waals surface area contributed by atoms with Crippen molar-refractivity contribution in [3.8, 4) is 0 Å². The van der Waals surface area contributed by atoms with Crippen LogP contribution < -0.4 is 16.0 Å². The lowest BCUT2D eigenvalue weighted by Gasteiger charge is -2.25. The van der Waals surface area contributed by atoms with E-state index < -0.39 is 0 Å². The summed E-state index contributed by atoms with van der Waals surface area (Å²) in [6.45, 7) is 3.14. The van der Waals surface area contributed by atoms with Gasteiger partial charge in [-0.3, -0.25) is 19.3 Å². The summed E-state index contributed by atoms with van der Waals surface area (Å²) in [4.78, 5) is 43.1. The Hall–Kier alpha value is -2.78. The third-order valence-corrected chi connectivity index (χ3v) is 5.84. The molecule has 3 N–H and O–H groups in total. The molecule has 9 heteroatoms. The van der Waals surface area contributed by atoms with E-state index in [0.717, 1.165) is 36.4 Å². The monoisotopic (exact) mass is 413 g/mol. The number of thiazole rings is 1. The lowest BCUT2D eigenvalue weighted by Crippen LogP contribution is -2.36. The Morgan fingerprint density at radius 1 is 1.10 bits per heavy atom. The number of benzene rings is 1. The Balaban J connectivity index is 1.29. The van der Waals surface area contributed by atoms with Crippen molar-refractivity contribution in [1.29, 1.82) is 0 Å². The number of rotatable bonds is 6. The van der Waals surface area contributed by atoms with Crippen molar-refractivity contribution in [3.63, 3.8) is 0 Å². The molecule has 2 heterocycles. The second-order valence-electron chi connectivity index (χ2n) is 7.42. The smallest absolute Gasteiger partial charge is 0.238 e. The Labute approximate surface area is 172 Å². The van der Waals surface area contributed by atoms with Crippen LogP contribution in [-0.2, 0) is 27.3 Å². The maximum atomic E-state index is 12.4. The van der Waals surface area contributed by atoms with E-state index in [1.807, 2.05) is 0 Å². The standard InChI is InChI=1S/C20H23N5O3S/c1-12(26)21-14-4-6-15(7-5-14)22-18(27)11-25-9-8-16-17(10-25)29-20(23-16)24-19(28)13-2-3-13/h4-7,13H,2-3,8-11H2,1H3,(H,21,26)(H,22,27)(H,23,24,28). The number of nitrogens with one attached hydrogen (secondary N) is 3. The molecule has 0 bridgehead atoms. The van der Waals surface area contributed by atoms with E-state index in [1.165, 1.54) is 18.3 Å². The van der Waals surface area contributed by atoms with Crippen molar-refractivity contribution < 1.29 is 14.4 Å². The zero-order valence-electron chi connectivity index (χ0n) is 16.2. The fourth-order valence-corrected chi connectivity index (χ4v) is 4.29. The molecule has 29 heavy (non-hydrogen) atoms. The molecule has 0 saturated heterocycles. The van der Waals surface area contributed by atoms with Gasteiger partial charge in [-0.1, -0.05) is 0 Å². The molecule has 1 aliphatic carbocycles. The second-order valence-corrected chi connectivity index (χ2v) is 8.50. The highest BCUT2D eigenvalue weighted by molar-refractivity contribution is 7.15. The van der Waals surface area contributed by atoms with Crippen LogP contribution in [0.3, 0.4) is 0 Å². The molecule has 1 aliphatic heterocycles. The van der Waals surface area contributed by atoms with Gasteiger partial charge in [0.25, 0.3) is 0 Å². The van der Waals surface area contributed by atoms with Crippen LogP contribution in [0.1, 0.15) is 30.3 Å². The van der Waals surface area contributed by atoms with Crippen LogP contribution in [0.2, 0.25) is 0 Å². The highest BCUT2D eigenvalue weighted by Gasteiger charge is 2.31. The summed E-state index contributed by atoms with van der Waals surface area (Å²) in [6.07, 6.45) is 2.70. The number of amides is 3. The quantitative estimate of drug-likeness (QED) is 0.675. The van der Waals surface area contributed by atoms with E-state index in [-0.39, 0.29) is 30.2 Å². The molecule has 8 nitrogen and oxygen atoms in total. The number of hydrogen-bond donors (Lipinski definition) is 3. The predicted octanol–water partition coefficient (Wildman–Crippen LogP) is 2.45. The molecule has 0 atom stereocenters. The van der Waals surface area contributed by atoms with E-state index in [1.54, 1.807) is 24.3 Å². The van der Waals surface area contributed by atoms with Gasteiger partial charge in [0.05, 0.1) is 12.2 Å². The van der Waals surface area contributed by atoms with Gasteiger partial charge in [-0.05, 0) is 37.1 Å². The first-order valence-corrected chi connectivity index (χ1v) is 10.5. The summed E-state index contributed by atoms with van der Waals surface area (Å²) in [6, 6.07) is 7.02. The predicted molar refractivity (Wildman–Crippen MR) is 112 cm³/mol. The minimum atomic E-state index is -0.135. The van der Waals surface area contributed by atoms with Crippen LogP contribution >= 0.6 is 11.3 Å². The number of anilines is 3. The average Bonchev–Trinajstić information content (AvgIpc) is 3.44. The topological polar surface area (TPSA) is 103 Å². The zero-order valence-corrected chi connectivity index (χ0v) is 17.0. The first kappa shape index (κ1) is 19.5. The molecule has 0 radical (unpaired) electrons. The summed E-state index contributed by atoms with van der Waals surface area (Å²) in [5.41, 5.74) is 2.39. The van der Waals surface area contributed by atoms with Crippen molar-refractivity contribution in [2.75, 3.05) is 29.0 Å². The molecule has 1 aromatic heterocycles. The maximum absolute atomic E-state index is 12.4. The van der Waals surface area contributed by atoms with E-state index in [9.17, 15) is 14.4 Å². The van der Waals surface area contributed by atoms with Crippen LogP contribution in [0, 0.1) is 5.92 Å². The molecule has 4 rings (SSSR count). The van der Waals surface area contributed by atoms with Crippen molar-refractivity contribution in [3.05, 3.63) is 34.8 Å². The first-order chi connectivity index (χ1) is 14.0. The molecule has 2 aliphatic rings. The lowest BCUT2D eigenvalue weighted by molar-refractivity contribution is -0.118. The van der Waals surface area contributed by atoms with Gasteiger partial charge >= 0.3 is 0 Å². The van der Waals surface area contributed by atoms with Crippen molar-refractivity contribution >= 4 is 45.6 Å². The molecular formula is C20H23N5O3S. The highest BCUT2D eigenvalue weighted by Crippen LogP contribution is 2.32. The summed E-state index contributed by atoms with van der Waals surface area (Å²) >= 11 is 1.50. The Bertz CT molecular complexity index is 936. The van der Waals surface area contributed by atoms with Gasteiger partial charge in [0, 0.05) is 48.6 Å². The van der Waals surface area contributed by atoms with Gasteiger partial charge in [-0.15, -0.1) is 11.3 Å². The third kappa shape index (κ3) is 5.18.